The molecule has 2 heteroatoms. The lowest BCUT2D eigenvalue weighted by Gasteiger charge is -2.14. The number of aryl methyl sites for hydroxylation is 2. The summed E-state index contributed by atoms with van der Waals surface area (Å²) in [5, 5.41) is 0. The Hall–Kier alpha value is -1.25. The van der Waals surface area contributed by atoms with E-state index >= 15 is 0 Å². The van der Waals surface area contributed by atoms with Gasteiger partial charge in [-0.05, 0) is 30.5 Å². The minimum atomic E-state index is 0.0928. The van der Waals surface area contributed by atoms with Gasteiger partial charge in [0.2, 0.25) is 0 Å². The molecule has 18 heavy (non-hydrogen) atoms. The molecule has 0 aliphatic carbocycles. The summed E-state index contributed by atoms with van der Waals surface area (Å²) in [5.74, 6) is 0.912. The molecule has 2 rings (SSSR count). The maximum atomic E-state index is 6.22. The molecule has 0 saturated heterocycles. The summed E-state index contributed by atoms with van der Waals surface area (Å²) in [6, 6.07) is 16.8. The lowest BCUT2D eigenvalue weighted by atomic mass is 10.1. The Labute approximate surface area is 113 Å². The SMILES string of the molecule is Cc1cccc(C)c1SC[C@H](N)c1ccccc1. The van der Waals surface area contributed by atoms with Crippen molar-refractivity contribution in [1.29, 1.82) is 0 Å². The molecule has 0 radical (unpaired) electrons. The first-order valence-corrected chi connectivity index (χ1v) is 7.16. The van der Waals surface area contributed by atoms with Gasteiger partial charge in [0, 0.05) is 16.7 Å². The highest BCUT2D eigenvalue weighted by Crippen LogP contribution is 2.29. The Morgan fingerprint density at radius 3 is 2.17 bits per heavy atom. The quantitative estimate of drug-likeness (QED) is 0.835. The minimum absolute atomic E-state index is 0.0928. The van der Waals surface area contributed by atoms with Crippen molar-refractivity contribution in [2.75, 3.05) is 5.75 Å². The Kier molecular flexibility index (Phi) is 4.45. The van der Waals surface area contributed by atoms with Crippen LogP contribution in [0.25, 0.3) is 0 Å². The van der Waals surface area contributed by atoms with Gasteiger partial charge >= 0.3 is 0 Å². The van der Waals surface area contributed by atoms with Crippen LogP contribution in [0.5, 0.6) is 0 Å². The highest BCUT2D eigenvalue weighted by atomic mass is 32.2. The second-order valence-corrected chi connectivity index (χ2v) is 5.58. The predicted molar refractivity (Wildman–Crippen MR) is 80.0 cm³/mol. The molecule has 0 saturated carbocycles. The number of nitrogens with two attached hydrogens (primary N) is 1. The van der Waals surface area contributed by atoms with Gasteiger partial charge in [0.1, 0.15) is 0 Å². The Bertz CT molecular complexity index is 488. The van der Waals surface area contributed by atoms with Crippen molar-refractivity contribution in [2.24, 2.45) is 5.73 Å². The average Bonchev–Trinajstić information content (AvgIpc) is 2.39. The van der Waals surface area contributed by atoms with Crippen LogP contribution in [0.3, 0.4) is 0 Å². The fourth-order valence-corrected chi connectivity index (χ4v) is 3.13. The van der Waals surface area contributed by atoms with Crippen molar-refractivity contribution in [3.05, 3.63) is 65.2 Å². The lowest BCUT2D eigenvalue weighted by Crippen LogP contribution is -2.12. The van der Waals surface area contributed by atoms with Crippen LogP contribution in [0.1, 0.15) is 22.7 Å². The predicted octanol–water partition coefficient (Wildman–Crippen LogP) is 4.10. The van der Waals surface area contributed by atoms with Crippen LogP contribution in [-0.4, -0.2) is 5.75 Å². The fourth-order valence-electron chi connectivity index (χ4n) is 2.00. The van der Waals surface area contributed by atoms with Crippen LogP contribution < -0.4 is 5.73 Å². The molecule has 0 unspecified atom stereocenters. The molecule has 0 aromatic heterocycles. The molecule has 1 nitrogen and oxygen atoms in total. The maximum absolute atomic E-state index is 6.22. The van der Waals surface area contributed by atoms with Crippen LogP contribution in [-0.2, 0) is 0 Å². The Balaban J connectivity index is 2.04. The van der Waals surface area contributed by atoms with Gasteiger partial charge in [-0.1, -0.05) is 48.5 Å². The summed E-state index contributed by atoms with van der Waals surface area (Å²) < 4.78 is 0. The number of hydrogen-bond donors (Lipinski definition) is 1. The molecule has 0 bridgehead atoms. The van der Waals surface area contributed by atoms with Gasteiger partial charge < -0.3 is 5.73 Å². The van der Waals surface area contributed by atoms with E-state index in [0.29, 0.717) is 0 Å². The van der Waals surface area contributed by atoms with Gasteiger partial charge in [0.05, 0.1) is 0 Å². The molecule has 94 valence electrons. The zero-order valence-electron chi connectivity index (χ0n) is 10.9. The first-order valence-electron chi connectivity index (χ1n) is 6.18. The van der Waals surface area contributed by atoms with Crippen LogP contribution in [0.2, 0.25) is 0 Å². The van der Waals surface area contributed by atoms with E-state index in [2.05, 4.69) is 44.2 Å². The number of rotatable bonds is 4. The second kappa shape index (κ2) is 6.07. The molecule has 2 N–H and O–H groups in total. The third-order valence-corrected chi connectivity index (χ3v) is 4.50. The van der Waals surface area contributed by atoms with Crippen molar-refractivity contribution in [3.8, 4) is 0 Å². The third-order valence-electron chi connectivity index (χ3n) is 3.04. The van der Waals surface area contributed by atoms with Gasteiger partial charge in [-0.3, -0.25) is 0 Å². The van der Waals surface area contributed by atoms with Gasteiger partial charge in [-0.15, -0.1) is 11.8 Å². The van der Waals surface area contributed by atoms with Crippen LogP contribution in [0, 0.1) is 13.8 Å². The Morgan fingerprint density at radius 2 is 1.56 bits per heavy atom. The molecular formula is C16H19NS. The van der Waals surface area contributed by atoms with Crippen molar-refractivity contribution < 1.29 is 0 Å². The summed E-state index contributed by atoms with van der Waals surface area (Å²) in [6.07, 6.45) is 0. The molecule has 0 aliphatic heterocycles. The largest absolute Gasteiger partial charge is 0.323 e. The summed E-state index contributed by atoms with van der Waals surface area (Å²) in [6.45, 7) is 4.31. The summed E-state index contributed by atoms with van der Waals surface area (Å²) in [7, 11) is 0. The normalized spacial score (nSPS) is 12.4. The minimum Gasteiger partial charge on any atom is -0.323 e. The van der Waals surface area contributed by atoms with Crippen LogP contribution >= 0.6 is 11.8 Å². The molecule has 0 spiro atoms. The molecule has 2 aromatic carbocycles. The van der Waals surface area contributed by atoms with Crippen LogP contribution in [0.4, 0.5) is 0 Å². The molecule has 2 aromatic rings. The number of thioether (sulfide) groups is 1. The maximum Gasteiger partial charge on any atom is 0.0390 e. The molecule has 0 aliphatic rings. The monoisotopic (exact) mass is 257 g/mol. The molecule has 0 fully saturated rings. The number of hydrogen-bond acceptors (Lipinski definition) is 2. The molecule has 0 amide bonds. The van der Waals surface area contributed by atoms with E-state index in [1.165, 1.54) is 21.6 Å². The van der Waals surface area contributed by atoms with E-state index in [4.69, 9.17) is 5.73 Å². The topological polar surface area (TPSA) is 26.0 Å². The van der Waals surface area contributed by atoms with Gasteiger partial charge in [0.15, 0.2) is 0 Å². The fraction of sp³-hybridized carbons (Fsp3) is 0.250. The Morgan fingerprint density at radius 1 is 0.944 bits per heavy atom. The van der Waals surface area contributed by atoms with E-state index < -0.39 is 0 Å². The van der Waals surface area contributed by atoms with Gasteiger partial charge in [-0.25, -0.2) is 0 Å². The second-order valence-electron chi connectivity index (χ2n) is 4.55. The summed E-state index contributed by atoms with van der Waals surface area (Å²) in [5.41, 5.74) is 10.1. The summed E-state index contributed by atoms with van der Waals surface area (Å²) >= 11 is 1.85. The lowest BCUT2D eigenvalue weighted by molar-refractivity contribution is 0.831. The highest BCUT2D eigenvalue weighted by Gasteiger charge is 2.08. The van der Waals surface area contributed by atoms with Crippen molar-refractivity contribution >= 4 is 11.8 Å². The van der Waals surface area contributed by atoms with E-state index in [-0.39, 0.29) is 6.04 Å². The van der Waals surface area contributed by atoms with E-state index in [1.54, 1.807) is 0 Å². The van der Waals surface area contributed by atoms with E-state index in [0.717, 1.165) is 5.75 Å². The van der Waals surface area contributed by atoms with Crippen molar-refractivity contribution in [2.45, 2.75) is 24.8 Å². The first-order chi connectivity index (χ1) is 8.68. The zero-order chi connectivity index (χ0) is 13.0. The van der Waals surface area contributed by atoms with Crippen molar-refractivity contribution in [3.63, 3.8) is 0 Å². The number of benzene rings is 2. The molecule has 1 atom stereocenters. The van der Waals surface area contributed by atoms with Gasteiger partial charge in [0.25, 0.3) is 0 Å². The standard InChI is InChI=1S/C16H19NS/c1-12-7-6-8-13(2)16(12)18-11-15(17)14-9-4-3-5-10-14/h3-10,15H,11,17H2,1-2H3/t15-/m0/s1. The zero-order valence-corrected chi connectivity index (χ0v) is 11.7. The van der Waals surface area contributed by atoms with E-state index in [1.807, 2.05) is 30.0 Å². The first kappa shape index (κ1) is 13.2. The smallest absolute Gasteiger partial charge is 0.0390 e. The van der Waals surface area contributed by atoms with Gasteiger partial charge in [-0.2, -0.15) is 0 Å². The highest BCUT2D eigenvalue weighted by molar-refractivity contribution is 7.99. The van der Waals surface area contributed by atoms with Crippen LogP contribution in [0.15, 0.2) is 53.4 Å². The van der Waals surface area contributed by atoms with E-state index in [9.17, 15) is 0 Å². The van der Waals surface area contributed by atoms with Crippen molar-refractivity contribution in [1.82, 2.24) is 0 Å². The molecule has 0 heterocycles. The average molecular weight is 257 g/mol. The summed E-state index contributed by atoms with van der Waals surface area (Å²) in [4.78, 5) is 1.36. The third kappa shape index (κ3) is 3.15. The molecular weight excluding hydrogens is 238 g/mol.